The first-order valence-electron chi connectivity index (χ1n) is 5.36. The molecule has 0 aromatic heterocycles. The van der Waals surface area contributed by atoms with Crippen molar-refractivity contribution in [3.8, 4) is 0 Å². The van der Waals surface area contributed by atoms with E-state index in [0.29, 0.717) is 0 Å². The van der Waals surface area contributed by atoms with Gasteiger partial charge in [0.15, 0.2) is 0 Å². The molecular formula is C10H17N3O2S. The molecule has 4 N–H and O–H groups in total. The van der Waals surface area contributed by atoms with Gasteiger partial charge in [0.25, 0.3) is 0 Å². The number of thiocarbonyl (C=S) groups is 1. The molecule has 5 nitrogen and oxygen atoms in total. The van der Waals surface area contributed by atoms with Crippen molar-refractivity contribution in [2.24, 2.45) is 11.7 Å². The lowest BCUT2D eigenvalue weighted by Gasteiger charge is -2.12. The summed E-state index contributed by atoms with van der Waals surface area (Å²) in [7, 11) is 0. The van der Waals surface area contributed by atoms with Crippen LogP contribution in [0.15, 0.2) is 0 Å². The Balaban J connectivity index is 2.21. The van der Waals surface area contributed by atoms with Crippen LogP contribution in [-0.4, -0.2) is 29.4 Å². The molecule has 1 fully saturated rings. The van der Waals surface area contributed by atoms with E-state index in [0.717, 1.165) is 12.3 Å². The predicted octanol–water partition coefficient (Wildman–Crippen LogP) is -0.306. The minimum Gasteiger partial charge on any atom is -0.392 e. The number of carbonyl (C=O) groups excluding carboxylic acids is 2. The Morgan fingerprint density at radius 1 is 1.44 bits per heavy atom. The SMILES string of the molecule is CC(CC1CC1)NC(=O)C(=O)NCC(N)=S. The van der Waals surface area contributed by atoms with Gasteiger partial charge in [0.05, 0.1) is 11.5 Å². The highest BCUT2D eigenvalue weighted by Crippen LogP contribution is 2.33. The summed E-state index contributed by atoms with van der Waals surface area (Å²) >= 11 is 4.58. The molecule has 0 saturated heterocycles. The quantitative estimate of drug-likeness (QED) is 0.457. The average molecular weight is 243 g/mol. The molecule has 0 bridgehead atoms. The summed E-state index contributed by atoms with van der Waals surface area (Å²) in [6.45, 7) is 1.95. The summed E-state index contributed by atoms with van der Waals surface area (Å²) in [6, 6.07) is 0.0376. The smallest absolute Gasteiger partial charge is 0.309 e. The zero-order valence-corrected chi connectivity index (χ0v) is 10.1. The highest BCUT2D eigenvalue weighted by atomic mass is 32.1. The van der Waals surface area contributed by atoms with Crippen LogP contribution < -0.4 is 16.4 Å². The highest BCUT2D eigenvalue weighted by Gasteiger charge is 2.25. The fourth-order valence-electron chi connectivity index (χ4n) is 1.45. The fourth-order valence-corrected chi connectivity index (χ4v) is 1.52. The molecule has 1 aliphatic rings. The number of carbonyl (C=O) groups is 2. The van der Waals surface area contributed by atoms with Crippen molar-refractivity contribution in [3.63, 3.8) is 0 Å². The van der Waals surface area contributed by atoms with Crippen LogP contribution in [0, 0.1) is 5.92 Å². The minimum atomic E-state index is -0.685. The standard InChI is InChI=1S/C10H17N3O2S/c1-6(4-7-2-3-7)13-10(15)9(14)12-5-8(11)16/h6-7H,2-5H2,1H3,(H2,11,16)(H,12,14)(H,13,15). The molecule has 16 heavy (non-hydrogen) atoms. The first kappa shape index (κ1) is 12.9. The third kappa shape index (κ3) is 5.06. The Hall–Kier alpha value is -1.17. The van der Waals surface area contributed by atoms with Crippen molar-refractivity contribution < 1.29 is 9.59 Å². The van der Waals surface area contributed by atoms with E-state index < -0.39 is 11.8 Å². The molecular weight excluding hydrogens is 226 g/mol. The summed E-state index contributed by atoms with van der Waals surface area (Å²) in [5.41, 5.74) is 5.20. The van der Waals surface area contributed by atoms with E-state index in [4.69, 9.17) is 5.73 Å². The van der Waals surface area contributed by atoms with Crippen LogP contribution in [-0.2, 0) is 9.59 Å². The van der Waals surface area contributed by atoms with Gasteiger partial charge in [-0.3, -0.25) is 9.59 Å². The van der Waals surface area contributed by atoms with Crippen LogP contribution in [0.1, 0.15) is 26.2 Å². The average Bonchev–Trinajstić information content (AvgIpc) is 2.97. The van der Waals surface area contributed by atoms with Gasteiger partial charge in [-0.15, -0.1) is 0 Å². The number of amides is 2. The van der Waals surface area contributed by atoms with Gasteiger partial charge in [0.2, 0.25) is 0 Å². The Kier molecular flexibility index (Phi) is 4.67. The number of nitrogens with two attached hydrogens (primary N) is 1. The lowest BCUT2D eigenvalue weighted by atomic mass is 10.1. The summed E-state index contributed by atoms with van der Waals surface area (Å²) in [6.07, 6.45) is 3.40. The van der Waals surface area contributed by atoms with Gasteiger partial charge in [-0.25, -0.2) is 0 Å². The summed E-state index contributed by atoms with van der Waals surface area (Å²) < 4.78 is 0. The van der Waals surface area contributed by atoms with Crippen molar-refractivity contribution in [1.82, 2.24) is 10.6 Å². The van der Waals surface area contributed by atoms with Crippen molar-refractivity contribution in [2.75, 3.05) is 6.54 Å². The van der Waals surface area contributed by atoms with Gasteiger partial charge in [-0.2, -0.15) is 0 Å². The zero-order valence-electron chi connectivity index (χ0n) is 9.29. The largest absolute Gasteiger partial charge is 0.392 e. The van der Waals surface area contributed by atoms with Crippen LogP contribution in [0.3, 0.4) is 0 Å². The van der Waals surface area contributed by atoms with E-state index in [1.54, 1.807) is 0 Å². The normalized spacial score (nSPS) is 16.3. The minimum absolute atomic E-state index is 0.0376. The molecule has 0 aromatic rings. The molecule has 0 spiro atoms. The van der Waals surface area contributed by atoms with E-state index in [-0.39, 0.29) is 17.6 Å². The van der Waals surface area contributed by atoms with Gasteiger partial charge in [-0.1, -0.05) is 25.1 Å². The Labute approximate surface area is 100 Å². The van der Waals surface area contributed by atoms with Gasteiger partial charge in [-0.05, 0) is 19.3 Å². The van der Waals surface area contributed by atoms with Crippen LogP contribution in [0.4, 0.5) is 0 Å². The molecule has 90 valence electrons. The maximum absolute atomic E-state index is 11.4. The molecule has 0 radical (unpaired) electrons. The van der Waals surface area contributed by atoms with Crippen LogP contribution in [0.2, 0.25) is 0 Å². The molecule has 1 saturated carbocycles. The zero-order chi connectivity index (χ0) is 12.1. The first-order chi connectivity index (χ1) is 7.49. The molecule has 1 unspecified atom stereocenters. The van der Waals surface area contributed by atoms with Crippen molar-refractivity contribution in [3.05, 3.63) is 0 Å². The topological polar surface area (TPSA) is 84.2 Å². The first-order valence-corrected chi connectivity index (χ1v) is 5.77. The van der Waals surface area contributed by atoms with E-state index in [2.05, 4.69) is 22.9 Å². The van der Waals surface area contributed by atoms with Gasteiger partial charge in [0, 0.05) is 6.04 Å². The lowest BCUT2D eigenvalue weighted by Crippen LogP contribution is -2.45. The van der Waals surface area contributed by atoms with E-state index in [9.17, 15) is 9.59 Å². The third-order valence-electron chi connectivity index (χ3n) is 2.39. The molecule has 1 rings (SSSR count). The van der Waals surface area contributed by atoms with Crippen LogP contribution in [0.5, 0.6) is 0 Å². The van der Waals surface area contributed by atoms with Gasteiger partial charge in [0.1, 0.15) is 0 Å². The maximum Gasteiger partial charge on any atom is 0.309 e. The summed E-state index contributed by atoms with van der Waals surface area (Å²) in [4.78, 5) is 22.8. The molecule has 0 aromatic carbocycles. The third-order valence-corrected chi connectivity index (χ3v) is 2.54. The Morgan fingerprint density at radius 2 is 2.06 bits per heavy atom. The predicted molar refractivity (Wildman–Crippen MR) is 64.7 cm³/mol. The summed E-state index contributed by atoms with van der Waals surface area (Å²) in [5, 5.41) is 4.98. The van der Waals surface area contributed by atoms with Gasteiger partial charge >= 0.3 is 11.8 Å². The Morgan fingerprint density at radius 3 is 2.56 bits per heavy atom. The van der Waals surface area contributed by atoms with E-state index in [1.165, 1.54) is 12.8 Å². The van der Waals surface area contributed by atoms with Crippen molar-refractivity contribution >= 4 is 29.0 Å². The van der Waals surface area contributed by atoms with Crippen LogP contribution >= 0.6 is 12.2 Å². The second kappa shape index (κ2) is 5.79. The lowest BCUT2D eigenvalue weighted by molar-refractivity contribution is -0.139. The number of hydrogen-bond donors (Lipinski definition) is 3. The molecule has 1 aliphatic carbocycles. The Bertz CT molecular complexity index is 302. The maximum atomic E-state index is 11.4. The second-order valence-electron chi connectivity index (χ2n) is 4.20. The van der Waals surface area contributed by atoms with E-state index >= 15 is 0 Å². The monoisotopic (exact) mass is 243 g/mol. The van der Waals surface area contributed by atoms with E-state index in [1.807, 2.05) is 6.92 Å². The fraction of sp³-hybridized carbons (Fsp3) is 0.700. The number of hydrogen-bond acceptors (Lipinski definition) is 3. The highest BCUT2D eigenvalue weighted by molar-refractivity contribution is 7.80. The number of rotatable bonds is 5. The van der Waals surface area contributed by atoms with Gasteiger partial charge < -0.3 is 16.4 Å². The van der Waals surface area contributed by atoms with Crippen molar-refractivity contribution in [1.29, 1.82) is 0 Å². The molecule has 6 heteroatoms. The summed E-state index contributed by atoms with van der Waals surface area (Å²) in [5.74, 6) is -0.588. The number of nitrogens with one attached hydrogen (secondary N) is 2. The molecule has 2 amide bonds. The molecule has 1 atom stereocenters. The van der Waals surface area contributed by atoms with Crippen LogP contribution in [0.25, 0.3) is 0 Å². The second-order valence-corrected chi connectivity index (χ2v) is 4.73. The molecule has 0 aliphatic heterocycles. The molecule has 0 heterocycles. The van der Waals surface area contributed by atoms with Crippen molar-refractivity contribution in [2.45, 2.75) is 32.2 Å².